The van der Waals surface area contributed by atoms with Gasteiger partial charge in [0.1, 0.15) is 5.82 Å². The Balaban J connectivity index is 1.62. The van der Waals surface area contributed by atoms with Gasteiger partial charge in [0, 0.05) is 19.0 Å². The van der Waals surface area contributed by atoms with Gasteiger partial charge in [0.15, 0.2) is 0 Å². The van der Waals surface area contributed by atoms with Gasteiger partial charge >= 0.3 is 0 Å². The molecule has 2 aliphatic rings. The Morgan fingerprint density at radius 1 is 1.19 bits per heavy atom. The van der Waals surface area contributed by atoms with Gasteiger partial charge in [0.05, 0.1) is 0 Å². The van der Waals surface area contributed by atoms with E-state index < -0.39 is 0 Å². The van der Waals surface area contributed by atoms with Gasteiger partial charge < -0.3 is 10.6 Å². The van der Waals surface area contributed by atoms with E-state index in [2.05, 4.69) is 22.0 Å². The van der Waals surface area contributed by atoms with Crippen LogP contribution in [0.4, 0.5) is 5.95 Å². The summed E-state index contributed by atoms with van der Waals surface area (Å²) in [5.41, 5.74) is 6.18. The number of nitrogens with two attached hydrogens (primary N) is 1. The van der Waals surface area contributed by atoms with Crippen LogP contribution in [-0.4, -0.2) is 34.8 Å². The molecule has 1 aliphatic carbocycles. The summed E-state index contributed by atoms with van der Waals surface area (Å²) in [4.78, 5) is 7.11. The van der Waals surface area contributed by atoms with Gasteiger partial charge in [-0.15, -0.1) is 5.10 Å². The van der Waals surface area contributed by atoms with Crippen molar-refractivity contribution in [1.29, 1.82) is 0 Å². The molecule has 21 heavy (non-hydrogen) atoms. The number of aromatic amines is 1. The molecular formula is C16H29N5. The second-order valence-electron chi connectivity index (χ2n) is 7.21. The average Bonchev–Trinajstić information content (AvgIpc) is 2.84. The third kappa shape index (κ3) is 3.39. The predicted octanol–water partition coefficient (Wildman–Crippen LogP) is 2.81. The zero-order valence-corrected chi connectivity index (χ0v) is 13.3. The molecule has 2 heterocycles. The monoisotopic (exact) mass is 291 g/mol. The molecule has 2 fully saturated rings. The maximum atomic E-state index is 5.88. The normalized spacial score (nSPS) is 24.0. The molecule has 0 atom stereocenters. The van der Waals surface area contributed by atoms with Crippen molar-refractivity contribution in [1.82, 2.24) is 15.2 Å². The molecule has 1 aromatic rings. The first kappa shape index (κ1) is 14.8. The summed E-state index contributed by atoms with van der Waals surface area (Å²) in [6.45, 7) is 5.12. The number of rotatable bonds is 3. The number of H-pyrrole nitrogens is 1. The Labute approximate surface area is 127 Å². The van der Waals surface area contributed by atoms with E-state index >= 15 is 0 Å². The molecule has 0 unspecified atom stereocenters. The summed E-state index contributed by atoms with van der Waals surface area (Å²) in [5, 5.41) is 7.69. The molecule has 118 valence electrons. The number of hydrogen-bond acceptors (Lipinski definition) is 4. The van der Waals surface area contributed by atoms with E-state index in [1.807, 2.05) is 0 Å². The zero-order chi connectivity index (χ0) is 14.7. The summed E-state index contributed by atoms with van der Waals surface area (Å²) in [5.74, 6) is 2.60. The molecule has 1 aliphatic heterocycles. The van der Waals surface area contributed by atoms with Crippen LogP contribution in [-0.2, 0) is 0 Å². The molecule has 3 N–H and O–H groups in total. The second kappa shape index (κ2) is 6.34. The zero-order valence-electron chi connectivity index (χ0n) is 13.3. The minimum atomic E-state index is 0.303. The molecule has 3 rings (SSSR count). The van der Waals surface area contributed by atoms with Gasteiger partial charge in [-0.1, -0.05) is 32.6 Å². The molecule has 0 radical (unpaired) electrons. The molecule has 0 bridgehead atoms. The average molecular weight is 291 g/mol. The van der Waals surface area contributed by atoms with Crippen LogP contribution in [0.1, 0.15) is 70.0 Å². The third-order valence-electron chi connectivity index (χ3n) is 5.48. The van der Waals surface area contributed by atoms with Crippen LogP contribution < -0.4 is 10.6 Å². The Hall–Kier alpha value is -1.10. The molecule has 1 aromatic heterocycles. The number of nitrogens with one attached hydrogen (secondary N) is 1. The van der Waals surface area contributed by atoms with Crippen LogP contribution in [0, 0.1) is 5.41 Å². The molecule has 1 saturated carbocycles. The van der Waals surface area contributed by atoms with Crippen LogP contribution in [0.25, 0.3) is 0 Å². The highest BCUT2D eigenvalue weighted by atomic mass is 15.4. The molecule has 1 saturated heterocycles. The summed E-state index contributed by atoms with van der Waals surface area (Å²) < 4.78 is 0. The fourth-order valence-corrected chi connectivity index (χ4v) is 3.59. The van der Waals surface area contributed by atoms with Crippen LogP contribution in [0.2, 0.25) is 0 Å². The molecule has 5 heteroatoms. The van der Waals surface area contributed by atoms with Gasteiger partial charge in [0.2, 0.25) is 5.95 Å². The smallest absolute Gasteiger partial charge is 0.244 e. The summed E-state index contributed by atoms with van der Waals surface area (Å²) in [7, 11) is 0. The van der Waals surface area contributed by atoms with Crippen molar-refractivity contribution in [2.24, 2.45) is 11.1 Å². The van der Waals surface area contributed by atoms with Gasteiger partial charge in [-0.05, 0) is 37.6 Å². The molecule has 0 spiro atoms. The maximum Gasteiger partial charge on any atom is 0.244 e. The van der Waals surface area contributed by atoms with E-state index in [0.29, 0.717) is 11.3 Å². The first-order valence-corrected chi connectivity index (χ1v) is 8.57. The highest BCUT2D eigenvalue weighted by molar-refractivity contribution is 5.30. The quantitative estimate of drug-likeness (QED) is 0.840. The third-order valence-corrected chi connectivity index (χ3v) is 5.48. The Morgan fingerprint density at radius 3 is 2.48 bits per heavy atom. The standard InChI is InChI=1S/C16H29N5/c1-16(12-17)8-10-21(11-9-16)15-18-14(19-20-15)13-6-4-2-3-5-7-13/h13H,2-12,17H2,1H3,(H,18,19,20). The van der Waals surface area contributed by atoms with E-state index in [1.54, 1.807) is 0 Å². The Morgan fingerprint density at radius 2 is 1.86 bits per heavy atom. The Kier molecular flexibility index (Phi) is 4.48. The highest BCUT2D eigenvalue weighted by Crippen LogP contribution is 2.33. The van der Waals surface area contributed by atoms with E-state index in [9.17, 15) is 0 Å². The van der Waals surface area contributed by atoms with Gasteiger partial charge in [-0.25, -0.2) is 0 Å². The lowest BCUT2D eigenvalue weighted by Crippen LogP contribution is -2.42. The predicted molar refractivity (Wildman–Crippen MR) is 85.4 cm³/mol. The lowest BCUT2D eigenvalue weighted by atomic mass is 9.81. The summed E-state index contributed by atoms with van der Waals surface area (Å²) >= 11 is 0. The van der Waals surface area contributed by atoms with Crippen molar-refractivity contribution in [3.05, 3.63) is 5.82 Å². The van der Waals surface area contributed by atoms with Crippen LogP contribution >= 0.6 is 0 Å². The number of aromatic nitrogens is 3. The van der Waals surface area contributed by atoms with Crippen molar-refractivity contribution in [3.63, 3.8) is 0 Å². The summed E-state index contributed by atoms with van der Waals surface area (Å²) in [6.07, 6.45) is 10.2. The second-order valence-corrected chi connectivity index (χ2v) is 7.21. The van der Waals surface area contributed by atoms with E-state index in [0.717, 1.165) is 44.2 Å². The largest absolute Gasteiger partial charge is 0.340 e. The number of anilines is 1. The number of piperidine rings is 1. The van der Waals surface area contributed by atoms with E-state index in [1.165, 1.54) is 38.5 Å². The lowest BCUT2D eigenvalue weighted by Gasteiger charge is -2.38. The van der Waals surface area contributed by atoms with Gasteiger partial charge in [-0.3, -0.25) is 5.10 Å². The van der Waals surface area contributed by atoms with Crippen molar-refractivity contribution in [2.75, 3.05) is 24.5 Å². The first-order valence-electron chi connectivity index (χ1n) is 8.57. The fraction of sp³-hybridized carbons (Fsp3) is 0.875. The maximum absolute atomic E-state index is 5.88. The van der Waals surface area contributed by atoms with Crippen LogP contribution in [0.3, 0.4) is 0 Å². The SMILES string of the molecule is CC1(CN)CCN(c2n[nH]c(C3CCCCCC3)n2)CC1. The number of hydrogen-bond donors (Lipinski definition) is 2. The molecular weight excluding hydrogens is 262 g/mol. The topological polar surface area (TPSA) is 70.8 Å². The molecule has 5 nitrogen and oxygen atoms in total. The van der Waals surface area contributed by atoms with Gasteiger partial charge in [-0.2, -0.15) is 4.98 Å². The molecule has 0 amide bonds. The van der Waals surface area contributed by atoms with Crippen molar-refractivity contribution >= 4 is 5.95 Å². The van der Waals surface area contributed by atoms with E-state index in [4.69, 9.17) is 10.7 Å². The minimum Gasteiger partial charge on any atom is -0.340 e. The highest BCUT2D eigenvalue weighted by Gasteiger charge is 2.30. The minimum absolute atomic E-state index is 0.303. The fourth-order valence-electron chi connectivity index (χ4n) is 3.59. The summed E-state index contributed by atoms with van der Waals surface area (Å²) in [6, 6.07) is 0. The van der Waals surface area contributed by atoms with Crippen LogP contribution in [0.5, 0.6) is 0 Å². The van der Waals surface area contributed by atoms with Crippen molar-refractivity contribution < 1.29 is 0 Å². The Bertz CT molecular complexity index is 439. The van der Waals surface area contributed by atoms with Crippen molar-refractivity contribution in [2.45, 2.75) is 64.2 Å². The lowest BCUT2D eigenvalue weighted by molar-refractivity contribution is 0.257. The van der Waals surface area contributed by atoms with Crippen LogP contribution in [0.15, 0.2) is 0 Å². The molecule has 0 aromatic carbocycles. The van der Waals surface area contributed by atoms with E-state index in [-0.39, 0.29) is 0 Å². The van der Waals surface area contributed by atoms with Gasteiger partial charge in [0.25, 0.3) is 0 Å². The first-order chi connectivity index (χ1) is 10.2. The van der Waals surface area contributed by atoms with Crippen molar-refractivity contribution in [3.8, 4) is 0 Å². The number of nitrogens with zero attached hydrogens (tertiary/aromatic N) is 3.